The highest BCUT2D eigenvalue weighted by Crippen LogP contribution is 2.41. The second-order valence-electron chi connectivity index (χ2n) is 11.4. The molecule has 14 heteroatoms. The van der Waals surface area contributed by atoms with Crippen molar-refractivity contribution in [2.75, 3.05) is 31.8 Å². The Morgan fingerprint density at radius 3 is 2.43 bits per heavy atom. The molecule has 0 aliphatic rings. The Morgan fingerprint density at radius 1 is 0.980 bits per heavy atom. The van der Waals surface area contributed by atoms with E-state index < -0.39 is 33.5 Å². The van der Waals surface area contributed by atoms with Gasteiger partial charge in [0, 0.05) is 42.1 Å². The molecule has 7 aromatic rings. The first-order valence-electron chi connectivity index (χ1n) is 14.9. The molecule has 1 N–H and O–H groups in total. The fourth-order valence-corrected chi connectivity index (χ4v) is 6.48. The smallest absolute Gasteiger partial charge is 0.313 e. The predicted molar refractivity (Wildman–Crippen MR) is 181 cm³/mol. The van der Waals surface area contributed by atoms with E-state index in [4.69, 9.17) is 19.1 Å². The van der Waals surface area contributed by atoms with Gasteiger partial charge in [-0.15, -0.1) is 0 Å². The van der Waals surface area contributed by atoms with Gasteiger partial charge in [-0.2, -0.15) is 0 Å². The van der Waals surface area contributed by atoms with Crippen LogP contribution in [0.15, 0.2) is 77.2 Å². The van der Waals surface area contributed by atoms with Gasteiger partial charge >= 0.3 is 5.97 Å². The molecule has 0 saturated carbocycles. The number of carbonyl (C=O) groups excluding carboxylic acids is 2. The number of hydrogen-bond donors (Lipinski definition) is 1. The first-order valence-corrected chi connectivity index (χ1v) is 16.7. The minimum Gasteiger partial charge on any atom is -0.469 e. The fraction of sp³-hybridized carbons (Fsp3) is 0.143. The molecule has 0 radical (unpaired) electrons. The van der Waals surface area contributed by atoms with Crippen molar-refractivity contribution in [3.05, 3.63) is 95.8 Å². The average molecular weight is 684 g/mol. The molecule has 4 heterocycles. The third-order valence-corrected chi connectivity index (χ3v) is 9.62. The van der Waals surface area contributed by atoms with E-state index in [9.17, 15) is 22.4 Å². The molecule has 4 aromatic heterocycles. The first kappa shape index (κ1) is 31.7. The summed E-state index contributed by atoms with van der Waals surface area (Å²) in [6, 6.07) is 18.1. The Labute approximate surface area is 277 Å². The summed E-state index contributed by atoms with van der Waals surface area (Å²) in [6.45, 7) is 0. The van der Waals surface area contributed by atoms with Gasteiger partial charge in [0.25, 0.3) is 5.91 Å². The maximum absolute atomic E-state index is 15.0. The number of halogens is 2. The molecule has 0 aliphatic carbocycles. The van der Waals surface area contributed by atoms with E-state index >= 15 is 4.39 Å². The van der Waals surface area contributed by atoms with Crippen molar-refractivity contribution < 1.29 is 35.9 Å². The van der Waals surface area contributed by atoms with Gasteiger partial charge in [-0.1, -0.05) is 6.07 Å². The second-order valence-corrected chi connectivity index (χ2v) is 13.4. The standard InChI is InChI=1S/C35H27F2N5O6S/c1-38-35(44)32-22-14-21(27(41(2)49(4,45)46)16-29(22)48-34(32)18-8-10-19(36)11-9-18)24-12-13-25-33(40-24)28-15-20-23(37)6-5-7-26(20)42(28)30(39-25)17-31(43)47-3/h5-16H,17H2,1-4H3,(H,38,44). The van der Waals surface area contributed by atoms with Crippen LogP contribution >= 0.6 is 0 Å². The molecule has 7 rings (SSSR count). The summed E-state index contributed by atoms with van der Waals surface area (Å²) < 4.78 is 68.4. The molecule has 248 valence electrons. The molecule has 0 unspecified atom stereocenters. The number of anilines is 1. The summed E-state index contributed by atoms with van der Waals surface area (Å²) in [6.07, 6.45) is 0.859. The van der Waals surface area contributed by atoms with Crippen LogP contribution in [0.4, 0.5) is 14.5 Å². The highest BCUT2D eigenvalue weighted by Gasteiger charge is 2.27. The number of carbonyl (C=O) groups is 2. The molecule has 3 aromatic carbocycles. The van der Waals surface area contributed by atoms with Gasteiger partial charge in [0.2, 0.25) is 10.0 Å². The van der Waals surface area contributed by atoms with Crippen molar-refractivity contribution in [2.24, 2.45) is 0 Å². The van der Waals surface area contributed by atoms with E-state index in [2.05, 4.69) is 5.32 Å². The molecule has 49 heavy (non-hydrogen) atoms. The van der Waals surface area contributed by atoms with Crippen LogP contribution in [-0.2, 0) is 26.0 Å². The SMILES string of the molecule is CNC(=O)c1c(-c2ccc(F)cc2)oc2cc(N(C)S(C)(=O)=O)c(-c3ccc4nc(CC(=O)OC)n5c6cccc(F)c6cc5c4n3)cc12. The summed E-state index contributed by atoms with van der Waals surface area (Å²) in [5.41, 5.74) is 3.30. The van der Waals surface area contributed by atoms with Gasteiger partial charge in [0.15, 0.2) is 0 Å². The monoisotopic (exact) mass is 683 g/mol. The number of esters is 1. The zero-order valence-electron chi connectivity index (χ0n) is 26.5. The lowest BCUT2D eigenvalue weighted by atomic mass is 10.0. The van der Waals surface area contributed by atoms with E-state index in [0.29, 0.717) is 50.1 Å². The normalized spacial score (nSPS) is 11.9. The lowest BCUT2D eigenvalue weighted by Crippen LogP contribution is -2.25. The van der Waals surface area contributed by atoms with Crippen LogP contribution in [0.2, 0.25) is 0 Å². The van der Waals surface area contributed by atoms with Gasteiger partial charge in [-0.25, -0.2) is 27.2 Å². The molecule has 0 fully saturated rings. The lowest BCUT2D eigenvalue weighted by Gasteiger charge is -2.20. The number of sulfonamides is 1. The van der Waals surface area contributed by atoms with E-state index in [1.807, 2.05) is 0 Å². The van der Waals surface area contributed by atoms with Gasteiger partial charge < -0.3 is 14.5 Å². The van der Waals surface area contributed by atoms with E-state index in [-0.39, 0.29) is 34.4 Å². The maximum atomic E-state index is 15.0. The first-order chi connectivity index (χ1) is 23.4. The number of nitrogens with zero attached hydrogens (tertiary/aromatic N) is 4. The minimum atomic E-state index is -3.81. The molecule has 0 spiro atoms. The summed E-state index contributed by atoms with van der Waals surface area (Å²) in [4.78, 5) is 35.3. The van der Waals surface area contributed by atoms with Crippen molar-refractivity contribution in [1.82, 2.24) is 19.7 Å². The minimum absolute atomic E-state index is 0.157. The fourth-order valence-electron chi connectivity index (χ4n) is 5.97. The second kappa shape index (κ2) is 11.7. The van der Waals surface area contributed by atoms with Gasteiger partial charge in [0.05, 0.1) is 46.9 Å². The maximum Gasteiger partial charge on any atom is 0.313 e. The van der Waals surface area contributed by atoms with Crippen LogP contribution < -0.4 is 9.62 Å². The third-order valence-electron chi connectivity index (χ3n) is 8.43. The van der Waals surface area contributed by atoms with Gasteiger partial charge in [0.1, 0.15) is 40.7 Å². The molecular formula is C35H27F2N5O6S. The molecule has 0 saturated heterocycles. The predicted octanol–water partition coefficient (Wildman–Crippen LogP) is 5.87. The number of furan rings is 1. The summed E-state index contributed by atoms with van der Waals surface area (Å²) in [5, 5.41) is 3.26. The molecule has 0 atom stereocenters. The Hall–Kier alpha value is -5.89. The zero-order valence-corrected chi connectivity index (χ0v) is 27.4. The van der Waals surface area contributed by atoms with Crippen LogP contribution in [0.3, 0.4) is 0 Å². The van der Waals surface area contributed by atoms with E-state index in [0.717, 1.165) is 10.6 Å². The van der Waals surface area contributed by atoms with Crippen molar-refractivity contribution in [2.45, 2.75) is 6.42 Å². The number of pyridine rings is 1. The Morgan fingerprint density at radius 2 is 1.73 bits per heavy atom. The van der Waals surface area contributed by atoms with E-state index in [1.165, 1.54) is 57.6 Å². The van der Waals surface area contributed by atoms with Crippen LogP contribution in [0.1, 0.15) is 16.2 Å². The number of ether oxygens (including phenoxy) is 1. The number of fused-ring (bicyclic) bond motifs is 6. The van der Waals surface area contributed by atoms with Crippen LogP contribution in [0, 0.1) is 11.6 Å². The van der Waals surface area contributed by atoms with Crippen LogP contribution in [0.5, 0.6) is 0 Å². The summed E-state index contributed by atoms with van der Waals surface area (Å²) in [5.74, 6) is -1.49. The van der Waals surface area contributed by atoms with Crippen molar-refractivity contribution in [3.8, 4) is 22.6 Å². The van der Waals surface area contributed by atoms with E-state index in [1.54, 1.807) is 40.8 Å². The topological polar surface area (TPSA) is 136 Å². The third kappa shape index (κ3) is 5.30. The van der Waals surface area contributed by atoms with Gasteiger partial charge in [-0.05, 0) is 60.7 Å². The Balaban J connectivity index is 1.55. The van der Waals surface area contributed by atoms with Crippen molar-refractivity contribution in [1.29, 1.82) is 0 Å². The lowest BCUT2D eigenvalue weighted by molar-refractivity contribution is -0.139. The molecular weight excluding hydrogens is 656 g/mol. The highest BCUT2D eigenvalue weighted by molar-refractivity contribution is 7.92. The molecule has 0 aliphatic heterocycles. The zero-order chi connectivity index (χ0) is 34.8. The molecule has 11 nitrogen and oxygen atoms in total. The summed E-state index contributed by atoms with van der Waals surface area (Å²) in [7, 11) is 0.295. The number of methoxy groups -OCH3 is 1. The molecule has 0 bridgehead atoms. The van der Waals surface area contributed by atoms with Crippen LogP contribution in [0.25, 0.3) is 61.0 Å². The largest absolute Gasteiger partial charge is 0.469 e. The average Bonchev–Trinajstić information content (AvgIpc) is 3.67. The van der Waals surface area contributed by atoms with Crippen molar-refractivity contribution >= 4 is 66.0 Å². The Bertz CT molecular complexity index is 2620. The number of hydrogen-bond acceptors (Lipinski definition) is 8. The van der Waals surface area contributed by atoms with Gasteiger partial charge in [-0.3, -0.25) is 18.3 Å². The number of amides is 1. The molecule has 1 amide bonds. The summed E-state index contributed by atoms with van der Waals surface area (Å²) >= 11 is 0. The van der Waals surface area contributed by atoms with Crippen LogP contribution in [-0.4, -0.2) is 62.1 Å². The number of nitrogens with one attached hydrogen (secondary N) is 1. The number of benzene rings is 3. The Kier molecular flexibility index (Phi) is 7.55. The number of rotatable bonds is 7. The highest BCUT2D eigenvalue weighted by atomic mass is 32.2. The number of aromatic nitrogens is 3. The van der Waals surface area contributed by atoms with Crippen molar-refractivity contribution in [3.63, 3.8) is 0 Å². The quantitative estimate of drug-likeness (QED) is 0.206.